The van der Waals surface area contributed by atoms with Crippen LogP contribution in [0.4, 0.5) is 4.79 Å². The van der Waals surface area contributed by atoms with Crippen LogP contribution in [0.25, 0.3) is 11.1 Å². The van der Waals surface area contributed by atoms with Crippen molar-refractivity contribution in [2.45, 2.75) is 13.0 Å². The van der Waals surface area contributed by atoms with Crippen molar-refractivity contribution in [1.82, 2.24) is 15.6 Å². The number of carbonyl (C=O) groups excluding carboxylic acids is 2. The molecule has 1 fully saturated rings. The molecule has 2 aromatic heterocycles. The highest BCUT2D eigenvalue weighted by atomic mass is 79.9. The standard InChI is InChI=1S/C11H8BrN3O3/c1-4-5(12)2-7-6(13-4)3-8(18-7)9-10(16)15-11(17)14-9/h2-3,9H,1H3,(H2,14,15,16,17)/t9-/m0/s1. The zero-order valence-electron chi connectivity index (χ0n) is 9.28. The molecule has 0 aliphatic carbocycles. The lowest BCUT2D eigenvalue weighted by Crippen LogP contribution is -2.22. The normalized spacial score (nSPS) is 19.1. The minimum Gasteiger partial charge on any atom is -0.457 e. The molecule has 0 unspecified atom stereocenters. The van der Waals surface area contributed by atoms with E-state index in [9.17, 15) is 9.59 Å². The van der Waals surface area contributed by atoms with E-state index >= 15 is 0 Å². The predicted molar refractivity (Wildman–Crippen MR) is 65.9 cm³/mol. The molecule has 0 spiro atoms. The number of fused-ring (bicyclic) bond motifs is 1. The van der Waals surface area contributed by atoms with E-state index in [-0.39, 0.29) is 0 Å². The molecule has 7 heteroatoms. The second-order valence-corrected chi connectivity index (χ2v) is 4.84. The third kappa shape index (κ3) is 1.67. The Bertz CT molecular complexity index is 640. The van der Waals surface area contributed by atoms with E-state index in [4.69, 9.17) is 4.42 Å². The Morgan fingerprint density at radius 1 is 1.39 bits per heavy atom. The van der Waals surface area contributed by atoms with Crippen LogP contribution in [0.5, 0.6) is 0 Å². The molecule has 0 aromatic carbocycles. The first-order valence-corrected chi connectivity index (χ1v) is 6.02. The van der Waals surface area contributed by atoms with Gasteiger partial charge in [-0.1, -0.05) is 0 Å². The minimum absolute atomic E-state index is 0.373. The number of pyridine rings is 1. The highest BCUT2D eigenvalue weighted by Gasteiger charge is 2.33. The van der Waals surface area contributed by atoms with E-state index in [0.29, 0.717) is 16.9 Å². The van der Waals surface area contributed by atoms with Gasteiger partial charge in [0.1, 0.15) is 11.3 Å². The number of aryl methyl sites for hydroxylation is 1. The number of rotatable bonds is 1. The van der Waals surface area contributed by atoms with Crippen LogP contribution in [0.1, 0.15) is 17.5 Å². The molecule has 0 saturated carbocycles. The number of halogens is 1. The molecule has 3 heterocycles. The summed E-state index contributed by atoms with van der Waals surface area (Å²) in [7, 11) is 0. The highest BCUT2D eigenvalue weighted by Crippen LogP contribution is 2.27. The Labute approximate surface area is 110 Å². The molecule has 0 radical (unpaired) electrons. The number of carbonyl (C=O) groups is 2. The highest BCUT2D eigenvalue weighted by molar-refractivity contribution is 9.10. The van der Waals surface area contributed by atoms with Crippen molar-refractivity contribution in [3.63, 3.8) is 0 Å². The lowest BCUT2D eigenvalue weighted by atomic mass is 10.2. The van der Waals surface area contributed by atoms with E-state index in [1.807, 2.05) is 6.92 Å². The van der Waals surface area contributed by atoms with Crippen LogP contribution in [0.3, 0.4) is 0 Å². The largest absolute Gasteiger partial charge is 0.457 e. The summed E-state index contributed by atoms with van der Waals surface area (Å²) in [4.78, 5) is 26.9. The zero-order chi connectivity index (χ0) is 12.9. The molecule has 1 aliphatic heterocycles. The van der Waals surface area contributed by atoms with Crippen molar-refractivity contribution in [2.75, 3.05) is 0 Å². The van der Waals surface area contributed by atoms with Gasteiger partial charge in [-0.2, -0.15) is 0 Å². The summed E-state index contributed by atoms with van der Waals surface area (Å²) in [6, 6.07) is 2.14. The van der Waals surface area contributed by atoms with Crippen LogP contribution in [-0.4, -0.2) is 16.9 Å². The zero-order valence-corrected chi connectivity index (χ0v) is 10.9. The lowest BCUT2D eigenvalue weighted by molar-refractivity contribution is -0.120. The number of urea groups is 1. The van der Waals surface area contributed by atoms with Crippen molar-refractivity contribution < 1.29 is 14.0 Å². The predicted octanol–water partition coefficient (Wildman–Crippen LogP) is 1.78. The van der Waals surface area contributed by atoms with Gasteiger partial charge in [-0.05, 0) is 28.9 Å². The van der Waals surface area contributed by atoms with Gasteiger partial charge in [0.25, 0.3) is 5.91 Å². The van der Waals surface area contributed by atoms with E-state index < -0.39 is 18.0 Å². The van der Waals surface area contributed by atoms with E-state index in [0.717, 1.165) is 10.2 Å². The van der Waals surface area contributed by atoms with Crippen molar-refractivity contribution in [2.24, 2.45) is 0 Å². The van der Waals surface area contributed by atoms with Crippen molar-refractivity contribution >= 4 is 39.0 Å². The lowest BCUT2D eigenvalue weighted by Gasteiger charge is -2.00. The van der Waals surface area contributed by atoms with Gasteiger partial charge < -0.3 is 9.73 Å². The number of hydrogen-bond acceptors (Lipinski definition) is 4. The quantitative estimate of drug-likeness (QED) is 0.786. The average molecular weight is 310 g/mol. The molecule has 6 nitrogen and oxygen atoms in total. The van der Waals surface area contributed by atoms with Crippen molar-refractivity contribution in [3.8, 4) is 0 Å². The van der Waals surface area contributed by atoms with Crippen molar-refractivity contribution in [1.29, 1.82) is 0 Å². The summed E-state index contributed by atoms with van der Waals surface area (Å²) in [5, 5.41) is 4.63. The maximum absolute atomic E-state index is 11.5. The first-order chi connectivity index (χ1) is 8.54. The van der Waals surface area contributed by atoms with Gasteiger partial charge in [-0.15, -0.1) is 0 Å². The summed E-state index contributed by atoms with van der Waals surface area (Å²) < 4.78 is 6.37. The molecule has 3 amide bonds. The van der Waals surface area contributed by atoms with Crippen LogP contribution in [0.2, 0.25) is 0 Å². The maximum atomic E-state index is 11.5. The molecule has 1 atom stereocenters. The fourth-order valence-corrected chi connectivity index (χ4v) is 2.11. The van der Waals surface area contributed by atoms with Gasteiger partial charge in [0.05, 0.1) is 5.69 Å². The maximum Gasteiger partial charge on any atom is 0.322 e. The summed E-state index contributed by atoms with van der Waals surface area (Å²) in [6.45, 7) is 1.86. The van der Waals surface area contributed by atoms with Crippen LogP contribution in [-0.2, 0) is 4.79 Å². The fraction of sp³-hybridized carbons (Fsp3) is 0.182. The minimum atomic E-state index is -0.786. The first-order valence-electron chi connectivity index (χ1n) is 5.22. The van der Waals surface area contributed by atoms with Gasteiger partial charge in [0.2, 0.25) is 0 Å². The van der Waals surface area contributed by atoms with Crippen LogP contribution >= 0.6 is 15.9 Å². The number of nitrogens with zero attached hydrogens (tertiary/aromatic N) is 1. The molecule has 1 aliphatic rings. The third-order valence-electron chi connectivity index (χ3n) is 2.71. The Balaban J connectivity index is 2.08. The molecular formula is C11H8BrN3O3. The van der Waals surface area contributed by atoms with Crippen LogP contribution in [0, 0.1) is 6.92 Å². The van der Waals surface area contributed by atoms with Gasteiger partial charge >= 0.3 is 6.03 Å². The van der Waals surface area contributed by atoms with E-state index in [1.54, 1.807) is 12.1 Å². The van der Waals surface area contributed by atoms with E-state index in [2.05, 4.69) is 31.5 Å². The SMILES string of the molecule is Cc1nc2cc([C@@H]3NC(=O)NC3=O)oc2cc1Br. The number of amides is 3. The Kier molecular flexibility index (Phi) is 2.37. The molecule has 0 bridgehead atoms. The second-order valence-electron chi connectivity index (χ2n) is 3.98. The molecule has 2 aromatic rings. The Morgan fingerprint density at radius 3 is 2.83 bits per heavy atom. The Hall–Kier alpha value is -1.89. The number of nitrogens with one attached hydrogen (secondary N) is 2. The van der Waals surface area contributed by atoms with Gasteiger partial charge in [-0.3, -0.25) is 10.1 Å². The van der Waals surface area contributed by atoms with Crippen LogP contribution < -0.4 is 10.6 Å². The molecule has 92 valence electrons. The molecule has 1 saturated heterocycles. The third-order valence-corrected chi connectivity index (χ3v) is 3.51. The summed E-state index contributed by atoms with van der Waals surface area (Å²) in [6.07, 6.45) is 0. The summed E-state index contributed by atoms with van der Waals surface area (Å²) >= 11 is 3.36. The smallest absolute Gasteiger partial charge is 0.322 e. The number of furan rings is 1. The Morgan fingerprint density at radius 2 is 2.17 bits per heavy atom. The fourth-order valence-electron chi connectivity index (χ4n) is 1.82. The number of aromatic nitrogens is 1. The van der Waals surface area contributed by atoms with Gasteiger partial charge in [0, 0.05) is 10.5 Å². The summed E-state index contributed by atoms with van der Waals surface area (Å²) in [5.74, 6) is -0.0480. The van der Waals surface area contributed by atoms with Crippen molar-refractivity contribution in [3.05, 3.63) is 28.1 Å². The van der Waals surface area contributed by atoms with Gasteiger partial charge in [-0.25, -0.2) is 9.78 Å². The molecule has 18 heavy (non-hydrogen) atoms. The number of hydrogen-bond donors (Lipinski definition) is 2. The number of imide groups is 1. The molecule has 2 N–H and O–H groups in total. The monoisotopic (exact) mass is 309 g/mol. The summed E-state index contributed by atoms with van der Waals surface area (Å²) in [5.41, 5.74) is 2.05. The van der Waals surface area contributed by atoms with E-state index in [1.165, 1.54) is 0 Å². The first kappa shape index (κ1) is 11.2. The second kappa shape index (κ2) is 3.81. The van der Waals surface area contributed by atoms with Gasteiger partial charge in [0.15, 0.2) is 11.6 Å². The average Bonchev–Trinajstić information content (AvgIpc) is 2.82. The molecule has 3 rings (SSSR count). The topological polar surface area (TPSA) is 84.2 Å². The molecular weight excluding hydrogens is 302 g/mol. The van der Waals surface area contributed by atoms with Crippen LogP contribution in [0.15, 0.2) is 21.0 Å².